The van der Waals surface area contributed by atoms with Crippen molar-refractivity contribution >= 4 is 11.7 Å². The molecular formula is C17H18N2O4. The van der Waals surface area contributed by atoms with Crippen LogP contribution in [0.5, 0.6) is 0 Å². The van der Waals surface area contributed by atoms with Crippen LogP contribution in [-0.2, 0) is 22.5 Å². The summed E-state index contributed by atoms with van der Waals surface area (Å²) in [5.74, 6) is -0.362. The molecule has 0 aliphatic rings. The average Bonchev–Trinajstić information content (AvgIpc) is 2.59. The summed E-state index contributed by atoms with van der Waals surface area (Å²) in [6.45, 7) is 0.535. The van der Waals surface area contributed by atoms with Crippen LogP contribution in [0.3, 0.4) is 0 Å². The Balaban J connectivity index is 2.03. The van der Waals surface area contributed by atoms with Crippen molar-refractivity contribution in [3.05, 3.63) is 75.8 Å². The summed E-state index contributed by atoms with van der Waals surface area (Å²) < 4.78 is 4.83. The molecule has 0 bridgehead atoms. The first-order valence-electron chi connectivity index (χ1n) is 7.18. The summed E-state index contributed by atoms with van der Waals surface area (Å²) >= 11 is 0. The molecule has 0 spiro atoms. The fourth-order valence-corrected chi connectivity index (χ4v) is 2.21. The quantitative estimate of drug-likeness (QED) is 0.482. The third kappa shape index (κ3) is 4.89. The van der Waals surface area contributed by atoms with Crippen LogP contribution in [0.4, 0.5) is 5.69 Å². The van der Waals surface area contributed by atoms with Gasteiger partial charge in [0.1, 0.15) is 6.04 Å². The molecule has 2 rings (SSSR count). The molecule has 2 aromatic rings. The zero-order chi connectivity index (χ0) is 16.7. The summed E-state index contributed by atoms with van der Waals surface area (Å²) in [5.41, 5.74) is 1.91. The molecule has 1 atom stereocenters. The van der Waals surface area contributed by atoms with Crippen molar-refractivity contribution in [2.24, 2.45) is 0 Å². The molecule has 120 valence electrons. The molecule has 6 nitrogen and oxygen atoms in total. The van der Waals surface area contributed by atoms with E-state index in [-0.39, 0.29) is 11.7 Å². The smallest absolute Gasteiger partial charge is 0.323 e. The van der Waals surface area contributed by atoms with Gasteiger partial charge in [-0.3, -0.25) is 14.9 Å². The van der Waals surface area contributed by atoms with Gasteiger partial charge in [-0.1, -0.05) is 42.5 Å². The molecular weight excluding hydrogens is 296 g/mol. The third-order valence-electron chi connectivity index (χ3n) is 3.47. The van der Waals surface area contributed by atoms with Gasteiger partial charge in [-0.15, -0.1) is 0 Å². The number of ether oxygens (including phenoxy) is 1. The number of carbonyl (C=O) groups is 1. The number of nitrogens with one attached hydrogen (secondary N) is 1. The Labute approximate surface area is 134 Å². The van der Waals surface area contributed by atoms with Crippen molar-refractivity contribution in [1.82, 2.24) is 5.32 Å². The van der Waals surface area contributed by atoms with E-state index in [0.717, 1.165) is 11.1 Å². The largest absolute Gasteiger partial charge is 0.468 e. The Hall–Kier alpha value is -2.73. The zero-order valence-corrected chi connectivity index (χ0v) is 12.8. The van der Waals surface area contributed by atoms with Crippen molar-refractivity contribution in [3.8, 4) is 0 Å². The van der Waals surface area contributed by atoms with Gasteiger partial charge in [-0.2, -0.15) is 0 Å². The summed E-state index contributed by atoms with van der Waals surface area (Å²) in [6.07, 6.45) is 0.400. The van der Waals surface area contributed by atoms with E-state index in [9.17, 15) is 14.9 Å². The predicted octanol–water partition coefficient (Wildman–Crippen LogP) is 2.47. The average molecular weight is 314 g/mol. The van der Waals surface area contributed by atoms with Crippen LogP contribution in [0.15, 0.2) is 54.6 Å². The Morgan fingerprint density at radius 1 is 1.13 bits per heavy atom. The van der Waals surface area contributed by atoms with Crippen LogP contribution in [0.1, 0.15) is 11.1 Å². The SMILES string of the molecule is COC(=O)[C@H](Cc1ccc([N+](=O)[O-])cc1)NCc1ccccc1. The number of rotatable bonds is 7. The van der Waals surface area contributed by atoms with Gasteiger partial charge in [-0.25, -0.2) is 0 Å². The van der Waals surface area contributed by atoms with E-state index in [1.165, 1.54) is 19.2 Å². The molecule has 23 heavy (non-hydrogen) atoms. The van der Waals surface area contributed by atoms with Gasteiger partial charge in [0, 0.05) is 18.7 Å². The van der Waals surface area contributed by atoms with Crippen molar-refractivity contribution in [3.63, 3.8) is 0 Å². The van der Waals surface area contributed by atoms with Gasteiger partial charge >= 0.3 is 5.97 Å². The molecule has 2 aromatic carbocycles. The maximum Gasteiger partial charge on any atom is 0.323 e. The number of esters is 1. The third-order valence-corrected chi connectivity index (χ3v) is 3.47. The number of nitrogens with zero attached hydrogens (tertiary/aromatic N) is 1. The fraction of sp³-hybridized carbons (Fsp3) is 0.235. The van der Waals surface area contributed by atoms with E-state index in [1.807, 2.05) is 30.3 Å². The van der Waals surface area contributed by atoms with Crippen LogP contribution in [0.2, 0.25) is 0 Å². The van der Waals surface area contributed by atoms with Crippen LogP contribution in [0, 0.1) is 10.1 Å². The fourth-order valence-electron chi connectivity index (χ4n) is 2.21. The van der Waals surface area contributed by atoms with Gasteiger partial charge in [0.15, 0.2) is 0 Å². The van der Waals surface area contributed by atoms with E-state index in [2.05, 4.69) is 5.32 Å². The minimum atomic E-state index is -0.512. The van der Waals surface area contributed by atoms with Crippen LogP contribution in [-0.4, -0.2) is 24.0 Å². The Kier molecular flexibility index (Phi) is 5.82. The normalized spacial score (nSPS) is 11.7. The standard InChI is InChI=1S/C17H18N2O4/c1-23-17(20)16(18-12-14-5-3-2-4-6-14)11-13-7-9-15(10-8-13)19(21)22/h2-10,16,18H,11-12H2,1H3/t16-/m0/s1. The number of methoxy groups -OCH3 is 1. The number of nitro groups is 1. The molecule has 0 saturated heterocycles. The van der Waals surface area contributed by atoms with E-state index in [0.29, 0.717) is 13.0 Å². The Bertz CT molecular complexity index is 656. The molecule has 1 N–H and O–H groups in total. The van der Waals surface area contributed by atoms with Crippen LogP contribution in [0.25, 0.3) is 0 Å². The molecule has 0 aliphatic carbocycles. The molecule has 0 unspecified atom stereocenters. The molecule has 0 fully saturated rings. The summed E-state index contributed by atoms with van der Waals surface area (Å²) in [5, 5.41) is 13.8. The summed E-state index contributed by atoms with van der Waals surface area (Å²) in [6, 6.07) is 15.4. The van der Waals surface area contributed by atoms with Gasteiger partial charge in [0.05, 0.1) is 12.0 Å². The minimum Gasteiger partial charge on any atom is -0.468 e. The van der Waals surface area contributed by atoms with E-state index < -0.39 is 11.0 Å². The highest BCUT2D eigenvalue weighted by atomic mass is 16.6. The van der Waals surface area contributed by atoms with Crippen LogP contribution >= 0.6 is 0 Å². The lowest BCUT2D eigenvalue weighted by Gasteiger charge is -2.16. The number of nitro benzene ring substituents is 1. The monoisotopic (exact) mass is 314 g/mol. The number of carbonyl (C=O) groups excluding carboxylic acids is 1. The van der Waals surface area contributed by atoms with Crippen LogP contribution < -0.4 is 5.32 Å². The zero-order valence-electron chi connectivity index (χ0n) is 12.8. The topological polar surface area (TPSA) is 81.5 Å². The number of hydrogen-bond acceptors (Lipinski definition) is 5. The second-order valence-corrected chi connectivity index (χ2v) is 5.07. The minimum absolute atomic E-state index is 0.0283. The maximum absolute atomic E-state index is 11.9. The first-order valence-corrected chi connectivity index (χ1v) is 7.18. The lowest BCUT2D eigenvalue weighted by Crippen LogP contribution is -2.39. The van der Waals surface area contributed by atoms with E-state index in [4.69, 9.17) is 4.74 Å². The molecule has 0 saturated carbocycles. The molecule has 0 radical (unpaired) electrons. The molecule has 0 aromatic heterocycles. The first-order chi connectivity index (χ1) is 11.1. The van der Waals surface area contributed by atoms with Crippen molar-refractivity contribution in [1.29, 1.82) is 0 Å². The molecule has 0 aliphatic heterocycles. The van der Waals surface area contributed by atoms with Gasteiger partial charge in [-0.05, 0) is 17.5 Å². The molecule has 0 amide bonds. The summed E-state index contributed by atoms with van der Waals surface area (Å²) in [4.78, 5) is 22.1. The Morgan fingerprint density at radius 2 is 1.78 bits per heavy atom. The van der Waals surface area contributed by atoms with Crippen molar-refractivity contribution in [2.45, 2.75) is 19.0 Å². The lowest BCUT2D eigenvalue weighted by molar-refractivity contribution is -0.384. The highest BCUT2D eigenvalue weighted by Crippen LogP contribution is 2.14. The second-order valence-electron chi connectivity index (χ2n) is 5.07. The number of non-ortho nitro benzene ring substituents is 1. The highest BCUT2D eigenvalue weighted by Gasteiger charge is 2.19. The first kappa shape index (κ1) is 16.6. The molecule has 0 heterocycles. The maximum atomic E-state index is 11.9. The number of hydrogen-bond donors (Lipinski definition) is 1. The van der Waals surface area contributed by atoms with E-state index in [1.54, 1.807) is 12.1 Å². The van der Waals surface area contributed by atoms with Gasteiger partial charge in [0.2, 0.25) is 0 Å². The van der Waals surface area contributed by atoms with Crippen molar-refractivity contribution in [2.75, 3.05) is 7.11 Å². The summed E-state index contributed by atoms with van der Waals surface area (Å²) in [7, 11) is 1.34. The van der Waals surface area contributed by atoms with Gasteiger partial charge in [0.25, 0.3) is 5.69 Å². The van der Waals surface area contributed by atoms with E-state index >= 15 is 0 Å². The lowest BCUT2D eigenvalue weighted by atomic mass is 10.1. The second kappa shape index (κ2) is 8.05. The number of benzene rings is 2. The van der Waals surface area contributed by atoms with Gasteiger partial charge < -0.3 is 10.1 Å². The van der Waals surface area contributed by atoms with Crippen molar-refractivity contribution < 1.29 is 14.5 Å². The highest BCUT2D eigenvalue weighted by molar-refractivity contribution is 5.76. The Morgan fingerprint density at radius 3 is 2.35 bits per heavy atom. The molecule has 6 heteroatoms. The predicted molar refractivity (Wildman–Crippen MR) is 85.9 cm³/mol.